The molecule has 0 spiro atoms. The average Bonchev–Trinajstić information content (AvgIpc) is 2.66. The highest BCUT2D eigenvalue weighted by Gasteiger charge is 2.27. The lowest BCUT2D eigenvalue weighted by Crippen LogP contribution is -2.50. The van der Waals surface area contributed by atoms with Crippen LogP contribution in [0.2, 0.25) is 0 Å². The lowest BCUT2D eigenvalue weighted by Gasteiger charge is -2.29. The number of aliphatic hydroxyl groups is 1. The highest BCUT2D eigenvalue weighted by molar-refractivity contribution is 5.94. The van der Waals surface area contributed by atoms with Gasteiger partial charge < -0.3 is 20.1 Å². The molecule has 0 saturated heterocycles. The monoisotopic (exact) mass is 398 g/mol. The van der Waals surface area contributed by atoms with Crippen LogP contribution in [0.5, 0.6) is 0 Å². The van der Waals surface area contributed by atoms with Crippen molar-refractivity contribution in [3.05, 3.63) is 71.8 Å². The molecule has 0 aromatic heterocycles. The summed E-state index contributed by atoms with van der Waals surface area (Å²) in [5.74, 6) is -0.194. The Balaban J connectivity index is 2.09. The van der Waals surface area contributed by atoms with Gasteiger partial charge in [0.15, 0.2) is 0 Å². The van der Waals surface area contributed by atoms with Crippen LogP contribution in [0.25, 0.3) is 0 Å². The van der Waals surface area contributed by atoms with Crippen molar-refractivity contribution < 1.29 is 19.4 Å². The molecular weight excluding hydrogens is 368 g/mol. The van der Waals surface area contributed by atoms with Crippen molar-refractivity contribution >= 4 is 12.0 Å². The van der Waals surface area contributed by atoms with Crippen molar-refractivity contribution in [1.29, 1.82) is 0 Å². The normalized spacial score (nSPS) is 13.3. The summed E-state index contributed by atoms with van der Waals surface area (Å²) in [5.41, 5.74) is 0.860. The zero-order chi connectivity index (χ0) is 21.4. The van der Waals surface area contributed by atoms with Gasteiger partial charge in [-0.05, 0) is 44.9 Å². The van der Waals surface area contributed by atoms with E-state index in [1.165, 1.54) is 4.90 Å². The summed E-state index contributed by atoms with van der Waals surface area (Å²) in [6.45, 7) is 5.41. The Morgan fingerprint density at radius 1 is 1.03 bits per heavy atom. The van der Waals surface area contributed by atoms with Crippen LogP contribution < -0.4 is 5.32 Å². The number of likely N-dealkylation sites (N-methyl/N-ethyl adjacent to an activating group) is 1. The first-order valence-electron chi connectivity index (χ1n) is 9.68. The molecular formula is C23H30N2O4. The standard InChI is InChI=1S/C23H30N2O4/c1-23(2,3)29-22(28)24-19(15-17-11-7-5-8-12-17)20(26)16-25(4)21(27)18-13-9-6-10-14-18/h5-14,19-20,26H,15-16H2,1-4H3,(H,24,28)/t19-,20-/m1/s1. The molecule has 0 bridgehead atoms. The molecule has 2 amide bonds. The molecule has 0 fully saturated rings. The molecule has 0 aliphatic rings. The van der Waals surface area contributed by atoms with Gasteiger partial charge in [0.2, 0.25) is 0 Å². The quantitative estimate of drug-likeness (QED) is 0.750. The molecule has 2 aromatic rings. The van der Waals surface area contributed by atoms with Gasteiger partial charge in [-0.15, -0.1) is 0 Å². The van der Waals surface area contributed by atoms with Gasteiger partial charge in [-0.2, -0.15) is 0 Å². The van der Waals surface area contributed by atoms with E-state index in [9.17, 15) is 14.7 Å². The molecule has 2 aromatic carbocycles. The van der Waals surface area contributed by atoms with Crippen LogP contribution in [0, 0.1) is 0 Å². The lowest BCUT2D eigenvalue weighted by atomic mass is 10.0. The number of aliphatic hydroxyl groups excluding tert-OH is 1. The van der Waals surface area contributed by atoms with Crippen LogP contribution in [0.1, 0.15) is 36.7 Å². The van der Waals surface area contributed by atoms with Gasteiger partial charge in [0.25, 0.3) is 5.91 Å². The van der Waals surface area contributed by atoms with Gasteiger partial charge in [-0.3, -0.25) is 4.79 Å². The van der Waals surface area contributed by atoms with Gasteiger partial charge in [-0.25, -0.2) is 4.79 Å². The smallest absolute Gasteiger partial charge is 0.407 e. The predicted molar refractivity (Wildman–Crippen MR) is 113 cm³/mol. The third-order valence-corrected chi connectivity index (χ3v) is 4.29. The Morgan fingerprint density at radius 3 is 2.14 bits per heavy atom. The summed E-state index contributed by atoms with van der Waals surface area (Å²) in [4.78, 5) is 26.3. The van der Waals surface area contributed by atoms with E-state index in [0.717, 1.165) is 5.56 Å². The number of alkyl carbamates (subject to hydrolysis) is 1. The average molecular weight is 399 g/mol. The molecule has 0 aliphatic carbocycles. The van der Waals surface area contributed by atoms with E-state index in [0.29, 0.717) is 12.0 Å². The molecule has 0 heterocycles. The number of carbonyl (C=O) groups excluding carboxylic acids is 2. The first kappa shape index (κ1) is 22.4. The highest BCUT2D eigenvalue weighted by atomic mass is 16.6. The van der Waals surface area contributed by atoms with Crippen molar-refractivity contribution in [2.45, 2.75) is 44.9 Å². The number of hydrogen-bond donors (Lipinski definition) is 2. The van der Waals surface area contributed by atoms with E-state index in [1.807, 2.05) is 36.4 Å². The van der Waals surface area contributed by atoms with E-state index in [-0.39, 0.29) is 12.5 Å². The number of nitrogens with zero attached hydrogens (tertiary/aromatic N) is 1. The number of rotatable bonds is 7. The van der Waals surface area contributed by atoms with Crippen molar-refractivity contribution in [1.82, 2.24) is 10.2 Å². The minimum Gasteiger partial charge on any atom is -0.444 e. The van der Waals surface area contributed by atoms with E-state index in [2.05, 4.69) is 5.32 Å². The maximum atomic E-state index is 12.6. The SMILES string of the molecule is CN(C[C@@H](O)[C@@H](Cc1ccccc1)NC(=O)OC(C)(C)C)C(=O)c1ccccc1. The van der Waals surface area contributed by atoms with Crippen LogP contribution in [-0.4, -0.2) is 53.3 Å². The summed E-state index contributed by atoms with van der Waals surface area (Å²) in [6.07, 6.45) is -1.16. The number of ether oxygens (including phenoxy) is 1. The zero-order valence-corrected chi connectivity index (χ0v) is 17.5. The highest BCUT2D eigenvalue weighted by Crippen LogP contribution is 2.12. The third-order valence-electron chi connectivity index (χ3n) is 4.29. The van der Waals surface area contributed by atoms with Crippen LogP contribution in [0.4, 0.5) is 4.79 Å². The van der Waals surface area contributed by atoms with Gasteiger partial charge in [-0.1, -0.05) is 48.5 Å². The Labute approximate surface area is 172 Å². The van der Waals surface area contributed by atoms with Crippen LogP contribution in [0.15, 0.2) is 60.7 Å². The number of nitrogens with one attached hydrogen (secondary N) is 1. The first-order valence-corrected chi connectivity index (χ1v) is 9.68. The first-order chi connectivity index (χ1) is 13.7. The number of hydrogen-bond acceptors (Lipinski definition) is 4. The molecule has 29 heavy (non-hydrogen) atoms. The lowest BCUT2D eigenvalue weighted by molar-refractivity contribution is 0.0371. The molecule has 6 heteroatoms. The fourth-order valence-corrected chi connectivity index (χ4v) is 2.90. The van der Waals surface area contributed by atoms with Crippen molar-refractivity contribution in [2.75, 3.05) is 13.6 Å². The van der Waals surface area contributed by atoms with Gasteiger partial charge in [0.05, 0.1) is 12.1 Å². The maximum absolute atomic E-state index is 12.6. The molecule has 0 radical (unpaired) electrons. The largest absolute Gasteiger partial charge is 0.444 e. The maximum Gasteiger partial charge on any atom is 0.407 e. The molecule has 6 nitrogen and oxygen atoms in total. The second kappa shape index (κ2) is 10.1. The Morgan fingerprint density at radius 2 is 1.59 bits per heavy atom. The second-order valence-corrected chi connectivity index (χ2v) is 8.06. The summed E-state index contributed by atoms with van der Waals surface area (Å²) in [7, 11) is 1.63. The van der Waals surface area contributed by atoms with E-state index in [1.54, 1.807) is 52.1 Å². The molecule has 0 aliphatic heterocycles. The van der Waals surface area contributed by atoms with Crippen molar-refractivity contribution in [3.63, 3.8) is 0 Å². The fraction of sp³-hybridized carbons (Fsp3) is 0.391. The van der Waals surface area contributed by atoms with Crippen molar-refractivity contribution in [3.8, 4) is 0 Å². The minimum absolute atomic E-state index is 0.0705. The van der Waals surface area contributed by atoms with E-state index >= 15 is 0 Å². The summed E-state index contributed by atoms with van der Waals surface area (Å²) >= 11 is 0. The third kappa shape index (κ3) is 7.58. The second-order valence-electron chi connectivity index (χ2n) is 8.06. The number of benzene rings is 2. The van der Waals surface area contributed by atoms with Crippen molar-refractivity contribution in [2.24, 2.45) is 0 Å². The summed E-state index contributed by atoms with van der Waals surface area (Å²) in [5, 5.41) is 13.6. The zero-order valence-electron chi connectivity index (χ0n) is 17.5. The topological polar surface area (TPSA) is 78.9 Å². The minimum atomic E-state index is -0.972. The van der Waals surface area contributed by atoms with Crippen LogP contribution in [-0.2, 0) is 11.2 Å². The van der Waals surface area contributed by atoms with E-state index in [4.69, 9.17) is 4.74 Å². The number of amides is 2. The number of carbonyl (C=O) groups is 2. The molecule has 2 rings (SSSR count). The van der Waals surface area contributed by atoms with Crippen LogP contribution in [0.3, 0.4) is 0 Å². The molecule has 2 atom stereocenters. The van der Waals surface area contributed by atoms with Gasteiger partial charge in [0.1, 0.15) is 5.60 Å². The van der Waals surface area contributed by atoms with E-state index < -0.39 is 23.8 Å². The van der Waals surface area contributed by atoms with Gasteiger partial charge in [0, 0.05) is 19.2 Å². The molecule has 0 saturated carbocycles. The van der Waals surface area contributed by atoms with Crippen LogP contribution >= 0.6 is 0 Å². The summed E-state index contributed by atoms with van der Waals surface area (Å²) < 4.78 is 5.34. The molecule has 156 valence electrons. The fourth-order valence-electron chi connectivity index (χ4n) is 2.90. The molecule has 0 unspecified atom stereocenters. The van der Waals surface area contributed by atoms with Gasteiger partial charge >= 0.3 is 6.09 Å². The predicted octanol–water partition coefficient (Wildman–Crippen LogP) is 3.26. The summed E-state index contributed by atoms with van der Waals surface area (Å²) in [6, 6.07) is 17.8. The Kier molecular flexibility index (Phi) is 7.79. The molecule has 2 N–H and O–H groups in total. The Hall–Kier alpha value is -2.86. The Bertz CT molecular complexity index is 788.